The number of carbonyl (C=O) groups is 1. The number of aliphatic hydroxyl groups is 1. The predicted molar refractivity (Wildman–Crippen MR) is 129 cm³/mol. The number of anilines is 2. The maximum absolute atomic E-state index is 13.0. The van der Waals surface area contributed by atoms with Gasteiger partial charge in [0.25, 0.3) is 0 Å². The Kier molecular flexibility index (Phi) is 6.79. The number of ether oxygens (including phenoxy) is 1. The lowest BCUT2D eigenvalue weighted by Crippen LogP contribution is -2.22. The zero-order valence-corrected chi connectivity index (χ0v) is 20.2. The Hall–Kier alpha value is -3.83. The average Bonchev–Trinajstić information content (AvgIpc) is 3.34. The lowest BCUT2D eigenvalue weighted by Gasteiger charge is -2.21. The molecule has 0 aliphatic heterocycles. The molecule has 2 aromatic heterocycles. The van der Waals surface area contributed by atoms with Crippen molar-refractivity contribution < 1.29 is 27.8 Å². The van der Waals surface area contributed by atoms with Crippen LogP contribution in [0.1, 0.15) is 39.1 Å². The van der Waals surface area contributed by atoms with Crippen molar-refractivity contribution in [3.63, 3.8) is 0 Å². The van der Waals surface area contributed by atoms with Crippen LogP contribution in [0.15, 0.2) is 60.9 Å². The van der Waals surface area contributed by atoms with Gasteiger partial charge < -0.3 is 15.2 Å². The van der Waals surface area contributed by atoms with E-state index in [1.807, 2.05) is 13.0 Å². The first kappa shape index (κ1) is 25.3. The van der Waals surface area contributed by atoms with Crippen LogP contribution in [0.2, 0.25) is 0 Å². The van der Waals surface area contributed by atoms with Crippen molar-refractivity contribution >= 4 is 28.9 Å². The fraction of sp³-hybridized carbons (Fsp3) is 0.200. The summed E-state index contributed by atoms with van der Waals surface area (Å²) in [7, 11) is 1.29. The maximum Gasteiger partial charge on any atom is 0.433 e. The number of alkyl halides is 3. The number of benzene rings is 2. The summed E-state index contributed by atoms with van der Waals surface area (Å²) in [6, 6.07) is 12.6. The third-order valence-corrected chi connectivity index (χ3v) is 6.61. The monoisotopic (exact) mass is 514 g/mol. The van der Waals surface area contributed by atoms with Gasteiger partial charge in [-0.25, -0.2) is 19.7 Å². The van der Waals surface area contributed by atoms with Crippen molar-refractivity contribution in [1.29, 1.82) is 0 Å². The molecule has 2 N–H and O–H groups in total. The van der Waals surface area contributed by atoms with Gasteiger partial charge in [-0.05, 0) is 60.9 Å². The molecule has 186 valence electrons. The van der Waals surface area contributed by atoms with E-state index in [2.05, 4.69) is 20.3 Å². The molecule has 2 heterocycles. The van der Waals surface area contributed by atoms with Crippen molar-refractivity contribution in [2.75, 3.05) is 12.4 Å². The second-order valence-electron chi connectivity index (χ2n) is 8.15. The normalized spacial score (nSPS) is 13.2. The highest BCUT2D eigenvalue weighted by Gasteiger charge is 2.33. The van der Waals surface area contributed by atoms with Crippen molar-refractivity contribution in [2.45, 2.75) is 25.6 Å². The van der Waals surface area contributed by atoms with Crippen molar-refractivity contribution in [1.82, 2.24) is 15.0 Å². The smallest absolute Gasteiger partial charge is 0.433 e. The van der Waals surface area contributed by atoms with Gasteiger partial charge in [-0.3, -0.25) is 0 Å². The van der Waals surface area contributed by atoms with Gasteiger partial charge in [0.15, 0.2) is 0 Å². The van der Waals surface area contributed by atoms with E-state index in [9.17, 15) is 23.1 Å². The van der Waals surface area contributed by atoms with Crippen LogP contribution in [0.4, 0.5) is 24.8 Å². The molecule has 0 radical (unpaired) electrons. The quantitative estimate of drug-likeness (QED) is 0.318. The molecule has 11 heteroatoms. The summed E-state index contributed by atoms with van der Waals surface area (Å²) in [5, 5.41) is 14.5. The summed E-state index contributed by atoms with van der Waals surface area (Å²) >= 11 is 1.27. The van der Waals surface area contributed by atoms with E-state index < -0.39 is 23.4 Å². The molecule has 1 atom stereocenters. The van der Waals surface area contributed by atoms with Gasteiger partial charge in [0.05, 0.1) is 17.6 Å². The molecular weight excluding hydrogens is 493 g/mol. The zero-order valence-electron chi connectivity index (χ0n) is 19.4. The largest absolute Gasteiger partial charge is 0.465 e. The third kappa shape index (κ3) is 5.37. The first-order valence-electron chi connectivity index (χ1n) is 10.6. The average molecular weight is 515 g/mol. The molecule has 0 aliphatic rings. The topological polar surface area (TPSA) is 97.2 Å². The number of esters is 1. The molecule has 4 aromatic rings. The minimum absolute atomic E-state index is 0.176. The number of hydrogen-bond acceptors (Lipinski definition) is 8. The summed E-state index contributed by atoms with van der Waals surface area (Å²) in [4.78, 5) is 24.2. The highest BCUT2D eigenvalue weighted by Crippen LogP contribution is 2.37. The summed E-state index contributed by atoms with van der Waals surface area (Å²) in [6.07, 6.45) is -1.91. The molecule has 1 unspecified atom stereocenters. The Morgan fingerprint density at radius 1 is 1.08 bits per heavy atom. The Balaban J connectivity index is 1.60. The number of halogens is 3. The fourth-order valence-corrected chi connectivity index (χ4v) is 4.48. The van der Waals surface area contributed by atoms with Crippen molar-refractivity contribution in [3.05, 3.63) is 88.3 Å². The molecule has 0 spiro atoms. The van der Waals surface area contributed by atoms with Crippen LogP contribution in [-0.2, 0) is 16.5 Å². The van der Waals surface area contributed by atoms with E-state index in [4.69, 9.17) is 4.74 Å². The summed E-state index contributed by atoms with van der Waals surface area (Å²) in [5.74, 6) is -0.651. The predicted octanol–water partition coefficient (Wildman–Crippen LogP) is 5.71. The number of nitrogens with one attached hydrogen (secondary N) is 1. The Labute approximate surface area is 208 Å². The molecule has 0 saturated carbocycles. The van der Waals surface area contributed by atoms with Gasteiger partial charge in [-0.2, -0.15) is 13.2 Å². The molecule has 0 fully saturated rings. The van der Waals surface area contributed by atoms with Crippen molar-refractivity contribution in [3.8, 4) is 10.4 Å². The van der Waals surface area contributed by atoms with Gasteiger partial charge in [0, 0.05) is 18.1 Å². The van der Waals surface area contributed by atoms with E-state index in [0.717, 1.165) is 28.3 Å². The van der Waals surface area contributed by atoms with Crippen LogP contribution in [0.25, 0.3) is 10.4 Å². The van der Waals surface area contributed by atoms with Gasteiger partial charge in [-0.15, -0.1) is 11.3 Å². The number of thiazole rings is 1. The van der Waals surface area contributed by atoms with Crippen LogP contribution in [0.5, 0.6) is 0 Å². The molecule has 0 saturated heterocycles. The molecule has 0 amide bonds. The van der Waals surface area contributed by atoms with E-state index >= 15 is 0 Å². The number of aromatic nitrogens is 3. The minimum Gasteiger partial charge on any atom is -0.465 e. The molecule has 36 heavy (non-hydrogen) atoms. The molecule has 2 aromatic carbocycles. The maximum atomic E-state index is 13.0. The first-order valence-corrected chi connectivity index (χ1v) is 11.5. The van der Waals surface area contributed by atoms with Crippen molar-refractivity contribution in [2.24, 2.45) is 0 Å². The standard InChI is InChI=1S/C25H21F3N4O3S/c1-14-10-16(12-18(11-14)31-23-29-9-8-20(32-23)25(26,27)28)19-13-30-22(36-19)24(2,34)17-6-4-15(5-7-17)21(33)35-3/h4-13,34H,1-3H3,(H,29,31,32). The van der Waals surface area contributed by atoms with Gasteiger partial charge in [0.2, 0.25) is 5.95 Å². The fourth-order valence-electron chi connectivity index (χ4n) is 3.51. The lowest BCUT2D eigenvalue weighted by molar-refractivity contribution is -0.141. The first-order chi connectivity index (χ1) is 17.0. The summed E-state index contributed by atoms with van der Waals surface area (Å²) in [6.45, 7) is 3.46. The molecule has 4 rings (SSSR count). The Bertz CT molecular complexity index is 1400. The van der Waals surface area contributed by atoms with E-state index in [1.165, 1.54) is 18.4 Å². The highest BCUT2D eigenvalue weighted by molar-refractivity contribution is 7.15. The van der Waals surface area contributed by atoms with Crippen LogP contribution in [0, 0.1) is 6.92 Å². The number of hydrogen-bond donors (Lipinski definition) is 2. The number of rotatable bonds is 6. The Morgan fingerprint density at radius 3 is 2.47 bits per heavy atom. The second kappa shape index (κ2) is 9.67. The highest BCUT2D eigenvalue weighted by atomic mass is 32.1. The zero-order chi connectivity index (χ0) is 26.1. The van der Waals surface area contributed by atoms with Crippen LogP contribution in [0.3, 0.4) is 0 Å². The number of carbonyl (C=O) groups excluding carboxylic acids is 1. The van der Waals surface area contributed by atoms with E-state index in [-0.39, 0.29) is 5.95 Å². The van der Waals surface area contributed by atoms with Gasteiger partial charge in [-0.1, -0.05) is 18.2 Å². The lowest BCUT2D eigenvalue weighted by atomic mass is 9.96. The van der Waals surface area contributed by atoms with Gasteiger partial charge in [0.1, 0.15) is 16.3 Å². The van der Waals surface area contributed by atoms with Crippen LogP contribution in [-0.4, -0.2) is 33.1 Å². The molecule has 0 bridgehead atoms. The summed E-state index contributed by atoms with van der Waals surface area (Å²) < 4.78 is 43.7. The van der Waals surface area contributed by atoms with Crippen LogP contribution < -0.4 is 5.32 Å². The SMILES string of the molecule is COC(=O)c1ccc(C(C)(O)c2ncc(-c3cc(C)cc(Nc4nccc(C(F)(F)F)n4)c3)s2)cc1. The van der Waals surface area contributed by atoms with E-state index in [0.29, 0.717) is 21.8 Å². The minimum atomic E-state index is -4.58. The number of aryl methyl sites for hydroxylation is 1. The Morgan fingerprint density at radius 2 is 1.81 bits per heavy atom. The van der Waals surface area contributed by atoms with Crippen LogP contribution >= 0.6 is 11.3 Å². The third-order valence-electron chi connectivity index (χ3n) is 5.35. The molecule has 0 aliphatic carbocycles. The number of methoxy groups -OCH3 is 1. The molecular formula is C25H21F3N4O3S. The summed E-state index contributed by atoms with van der Waals surface area (Å²) in [5.41, 5.74) is 0.554. The molecule has 7 nitrogen and oxygen atoms in total. The van der Waals surface area contributed by atoms with Gasteiger partial charge >= 0.3 is 12.1 Å². The second-order valence-corrected chi connectivity index (χ2v) is 9.18. The number of nitrogens with zero attached hydrogens (tertiary/aromatic N) is 3. The van der Waals surface area contributed by atoms with E-state index in [1.54, 1.807) is 49.5 Å².